The molecule has 2 aromatic carbocycles. The fraction of sp³-hybridized carbons (Fsp3) is 0.182. The van der Waals surface area contributed by atoms with Crippen LogP contribution >= 0.6 is 32.9 Å². The van der Waals surface area contributed by atoms with Gasteiger partial charge in [-0.1, -0.05) is 81.4 Å². The molecule has 5 heteroatoms. The average molecular weight is 410 g/mol. The number of anilines is 1. The number of para-hydroxylation sites is 1. The normalized spacial score (nSPS) is 14.9. The van der Waals surface area contributed by atoms with Crippen LogP contribution in [0.3, 0.4) is 0 Å². The van der Waals surface area contributed by atoms with Crippen molar-refractivity contribution in [2.75, 3.05) is 4.90 Å². The molecule has 0 saturated heterocycles. The van der Waals surface area contributed by atoms with Gasteiger partial charge >= 0.3 is 0 Å². The molecular formula is C22H19NOS3. The molecule has 27 heavy (non-hydrogen) atoms. The quantitative estimate of drug-likeness (QED) is 0.263. The van der Waals surface area contributed by atoms with Gasteiger partial charge in [-0.3, -0.25) is 9.69 Å². The van der Waals surface area contributed by atoms with E-state index >= 15 is 0 Å². The lowest BCUT2D eigenvalue weighted by atomic mass is 9.86. The van der Waals surface area contributed by atoms with Crippen molar-refractivity contribution in [2.45, 2.75) is 26.3 Å². The Bertz CT molecular complexity index is 1110. The molecule has 0 spiro atoms. The molecule has 0 bridgehead atoms. The number of amides is 1. The topological polar surface area (TPSA) is 20.3 Å². The van der Waals surface area contributed by atoms with Crippen LogP contribution in [0.25, 0.3) is 17.2 Å². The summed E-state index contributed by atoms with van der Waals surface area (Å²) in [5.74, 6) is -0.0191. The highest BCUT2D eigenvalue weighted by Gasteiger charge is 2.42. The molecule has 2 heterocycles. The first-order valence-corrected chi connectivity index (χ1v) is 11.3. The van der Waals surface area contributed by atoms with Crippen molar-refractivity contribution in [3.63, 3.8) is 0 Å². The van der Waals surface area contributed by atoms with E-state index in [1.54, 1.807) is 26.8 Å². The average Bonchev–Trinajstić information content (AvgIpc) is 3.04. The second-order valence-corrected chi connectivity index (χ2v) is 9.92. The summed E-state index contributed by atoms with van der Waals surface area (Å²) < 4.78 is 0.904. The maximum atomic E-state index is 13.3. The molecule has 1 amide bonds. The van der Waals surface area contributed by atoms with E-state index in [1.165, 1.54) is 0 Å². The van der Waals surface area contributed by atoms with Gasteiger partial charge in [0.05, 0.1) is 16.1 Å². The number of carbonyl (C=O) groups excluding carboxylic acids is 1. The molecule has 0 radical (unpaired) electrons. The molecule has 4 rings (SSSR count). The van der Waals surface area contributed by atoms with Crippen molar-refractivity contribution >= 4 is 50.6 Å². The number of nitrogens with zero attached hydrogens (tertiary/aromatic N) is 1. The monoisotopic (exact) mass is 409 g/mol. The molecule has 0 N–H and O–H groups in total. The van der Waals surface area contributed by atoms with Gasteiger partial charge in [0.25, 0.3) is 5.91 Å². The Balaban J connectivity index is 1.87. The van der Waals surface area contributed by atoms with E-state index in [9.17, 15) is 4.79 Å². The van der Waals surface area contributed by atoms with Gasteiger partial charge in [-0.2, -0.15) is 0 Å². The zero-order valence-electron chi connectivity index (χ0n) is 15.4. The van der Waals surface area contributed by atoms with Gasteiger partial charge in [0.2, 0.25) is 0 Å². The Morgan fingerprint density at radius 2 is 1.81 bits per heavy atom. The number of benzene rings is 2. The number of carbonyl (C=O) groups is 1. The molecule has 0 atom stereocenters. The van der Waals surface area contributed by atoms with E-state index in [4.69, 9.17) is 12.2 Å². The molecular weight excluding hydrogens is 390 g/mol. The Morgan fingerprint density at radius 3 is 2.56 bits per heavy atom. The minimum atomic E-state index is -0.454. The lowest BCUT2D eigenvalue weighted by Gasteiger charge is -2.43. The van der Waals surface area contributed by atoms with Gasteiger partial charge in [-0.25, -0.2) is 0 Å². The molecule has 136 valence electrons. The summed E-state index contributed by atoms with van der Waals surface area (Å²) in [6.45, 7) is 6.26. The molecule has 0 aliphatic carbocycles. The zero-order chi connectivity index (χ0) is 19.2. The summed E-state index contributed by atoms with van der Waals surface area (Å²) in [6, 6.07) is 16.1. The van der Waals surface area contributed by atoms with E-state index in [0.29, 0.717) is 0 Å². The zero-order valence-corrected chi connectivity index (χ0v) is 17.8. The van der Waals surface area contributed by atoms with Crippen LogP contribution in [0.1, 0.15) is 29.9 Å². The lowest BCUT2D eigenvalue weighted by molar-refractivity contribution is -0.115. The van der Waals surface area contributed by atoms with Crippen LogP contribution in [-0.2, 0) is 10.3 Å². The van der Waals surface area contributed by atoms with Crippen molar-refractivity contribution in [2.24, 2.45) is 0 Å². The van der Waals surface area contributed by atoms with Crippen LogP contribution in [-0.4, -0.2) is 5.91 Å². The molecule has 0 fully saturated rings. The number of hydrogen-bond donors (Lipinski definition) is 0. The van der Waals surface area contributed by atoms with E-state index in [0.717, 1.165) is 36.6 Å². The van der Waals surface area contributed by atoms with Crippen molar-refractivity contribution in [3.05, 3.63) is 74.4 Å². The van der Waals surface area contributed by atoms with E-state index < -0.39 is 5.54 Å². The van der Waals surface area contributed by atoms with Gasteiger partial charge in [-0.15, -0.1) is 0 Å². The van der Waals surface area contributed by atoms with Gasteiger partial charge < -0.3 is 0 Å². The first kappa shape index (κ1) is 18.3. The van der Waals surface area contributed by atoms with Crippen LogP contribution in [0.5, 0.6) is 0 Å². The largest absolute Gasteiger partial charge is 0.297 e. The van der Waals surface area contributed by atoms with Gasteiger partial charge in [-0.05, 0) is 38.0 Å². The Labute approximate surface area is 171 Å². The third-order valence-corrected chi connectivity index (χ3v) is 8.25. The number of hydrogen-bond acceptors (Lipinski definition) is 4. The molecule has 0 unspecified atom stereocenters. The van der Waals surface area contributed by atoms with Crippen molar-refractivity contribution in [3.8, 4) is 11.1 Å². The maximum absolute atomic E-state index is 13.3. The second-order valence-electron chi connectivity index (χ2n) is 7.11. The molecule has 1 aliphatic rings. The molecule has 3 aromatic rings. The Morgan fingerprint density at radius 1 is 1.07 bits per heavy atom. The standard InChI is InChI=1S/C22H19NOS3/c1-14-8-7-11-16-18-20(26-27-21(18)25)22(2,3)23(19(14)16)17(24)13-12-15-9-5-4-6-10-15/h4-13H,1-3H3/b13-12+. The third-order valence-electron chi connectivity index (χ3n) is 4.92. The predicted octanol–water partition coefficient (Wildman–Crippen LogP) is 6.81. The van der Waals surface area contributed by atoms with Gasteiger partial charge in [0.1, 0.15) is 3.82 Å². The maximum Gasteiger partial charge on any atom is 0.251 e. The first-order valence-electron chi connectivity index (χ1n) is 8.72. The third kappa shape index (κ3) is 3.00. The minimum Gasteiger partial charge on any atom is -0.297 e. The summed E-state index contributed by atoms with van der Waals surface area (Å²) in [7, 11) is 3.30. The van der Waals surface area contributed by atoms with Crippen LogP contribution < -0.4 is 4.90 Å². The highest BCUT2D eigenvalue weighted by Crippen LogP contribution is 2.53. The SMILES string of the molecule is Cc1cccc2c1N(C(=O)/C=C/c1ccccc1)C(C)(C)c1ssc(=S)c1-2. The highest BCUT2D eigenvalue weighted by molar-refractivity contribution is 7.80. The van der Waals surface area contributed by atoms with Crippen molar-refractivity contribution in [1.29, 1.82) is 0 Å². The van der Waals surface area contributed by atoms with Crippen LogP contribution in [0.2, 0.25) is 0 Å². The molecule has 1 aromatic heterocycles. The molecule has 2 nitrogen and oxygen atoms in total. The van der Waals surface area contributed by atoms with Gasteiger partial charge in [0.15, 0.2) is 0 Å². The molecule has 1 aliphatic heterocycles. The van der Waals surface area contributed by atoms with Crippen LogP contribution in [0.15, 0.2) is 54.6 Å². The van der Waals surface area contributed by atoms with E-state index in [2.05, 4.69) is 32.9 Å². The van der Waals surface area contributed by atoms with Gasteiger partial charge in [0, 0.05) is 17.2 Å². The Hall–Kier alpha value is -2.08. The number of fused-ring (bicyclic) bond motifs is 3. The van der Waals surface area contributed by atoms with E-state index in [-0.39, 0.29) is 5.91 Å². The van der Waals surface area contributed by atoms with E-state index in [1.807, 2.05) is 47.4 Å². The summed E-state index contributed by atoms with van der Waals surface area (Å²) >= 11 is 5.63. The van der Waals surface area contributed by atoms with Crippen LogP contribution in [0, 0.1) is 10.7 Å². The lowest BCUT2D eigenvalue weighted by Crippen LogP contribution is -2.47. The van der Waals surface area contributed by atoms with Crippen LogP contribution in [0.4, 0.5) is 5.69 Å². The second kappa shape index (κ2) is 6.82. The first-order chi connectivity index (χ1) is 12.9. The Kier molecular flexibility index (Phi) is 4.62. The predicted molar refractivity (Wildman–Crippen MR) is 119 cm³/mol. The minimum absolute atomic E-state index is 0.0191. The summed E-state index contributed by atoms with van der Waals surface area (Å²) in [4.78, 5) is 16.4. The summed E-state index contributed by atoms with van der Waals surface area (Å²) in [6.07, 6.45) is 3.55. The fourth-order valence-corrected chi connectivity index (χ4v) is 6.91. The smallest absolute Gasteiger partial charge is 0.251 e. The fourth-order valence-electron chi connectivity index (χ4n) is 3.63. The summed E-state index contributed by atoms with van der Waals surface area (Å²) in [5, 5.41) is 0. The molecule has 0 saturated carbocycles. The number of rotatable bonds is 2. The van der Waals surface area contributed by atoms with Crippen molar-refractivity contribution in [1.82, 2.24) is 0 Å². The number of aryl methyl sites for hydroxylation is 1. The van der Waals surface area contributed by atoms with Crippen molar-refractivity contribution < 1.29 is 4.79 Å². The highest BCUT2D eigenvalue weighted by atomic mass is 32.9. The summed E-state index contributed by atoms with van der Waals surface area (Å²) in [5.41, 5.74) is 4.79.